The maximum Gasteiger partial charge on any atom is 0.242 e. The molecule has 4 nitrogen and oxygen atoms in total. The van der Waals surface area contributed by atoms with Gasteiger partial charge in [0.1, 0.15) is 4.90 Å². The van der Waals surface area contributed by atoms with Crippen LogP contribution in [0.25, 0.3) is 0 Å². The van der Waals surface area contributed by atoms with Crippen LogP contribution in [0.15, 0.2) is 29.4 Å². The molecular weight excluding hydrogens is 272 g/mol. The molecule has 100 valence electrons. The van der Waals surface area contributed by atoms with Crippen LogP contribution in [-0.4, -0.2) is 24.8 Å². The number of rotatable bonds is 4. The zero-order valence-electron chi connectivity index (χ0n) is 10.1. The van der Waals surface area contributed by atoms with E-state index in [1.165, 1.54) is 6.20 Å². The van der Waals surface area contributed by atoms with Gasteiger partial charge in [0, 0.05) is 23.8 Å². The van der Waals surface area contributed by atoms with Crippen molar-refractivity contribution >= 4 is 21.6 Å². The van der Waals surface area contributed by atoms with Gasteiger partial charge in [-0.15, -0.1) is 11.6 Å². The van der Waals surface area contributed by atoms with Gasteiger partial charge in [0.05, 0.1) is 0 Å². The third-order valence-corrected chi connectivity index (χ3v) is 5.44. The molecule has 1 aromatic rings. The molecule has 0 atom stereocenters. The second-order valence-corrected chi connectivity index (χ2v) is 6.72. The summed E-state index contributed by atoms with van der Waals surface area (Å²) in [6, 6.07) is 3.16. The summed E-state index contributed by atoms with van der Waals surface area (Å²) in [7, 11) is -3.53. The average molecular weight is 289 g/mol. The fourth-order valence-corrected chi connectivity index (χ4v) is 4.18. The first kappa shape index (κ1) is 13.8. The molecule has 0 spiro atoms. The van der Waals surface area contributed by atoms with Crippen molar-refractivity contribution < 1.29 is 8.42 Å². The van der Waals surface area contributed by atoms with Gasteiger partial charge in [0.2, 0.25) is 10.0 Å². The van der Waals surface area contributed by atoms with Gasteiger partial charge in [-0.2, -0.15) is 0 Å². The summed E-state index contributed by atoms with van der Waals surface area (Å²) < 4.78 is 27.3. The van der Waals surface area contributed by atoms with Crippen molar-refractivity contribution in [3.05, 3.63) is 24.5 Å². The molecule has 0 radical (unpaired) electrons. The van der Waals surface area contributed by atoms with Crippen LogP contribution in [0.2, 0.25) is 0 Å². The minimum Gasteiger partial charge on any atom is -0.263 e. The Balaban J connectivity index is 2.21. The fraction of sp³-hybridized carbons (Fsp3) is 0.583. The molecule has 1 aromatic heterocycles. The molecular formula is C12H17ClN2O2S. The van der Waals surface area contributed by atoms with Gasteiger partial charge in [-0.25, -0.2) is 13.1 Å². The van der Waals surface area contributed by atoms with E-state index >= 15 is 0 Å². The van der Waals surface area contributed by atoms with Gasteiger partial charge in [-0.1, -0.05) is 19.3 Å². The quantitative estimate of drug-likeness (QED) is 0.865. The Morgan fingerprint density at radius 2 is 2.06 bits per heavy atom. The van der Waals surface area contributed by atoms with Crippen molar-refractivity contribution in [1.29, 1.82) is 0 Å². The zero-order valence-corrected chi connectivity index (χ0v) is 11.7. The molecule has 0 aromatic carbocycles. The van der Waals surface area contributed by atoms with Crippen molar-refractivity contribution in [3.8, 4) is 0 Å². The Hall–Kier alpha value is -0.650. The van der Waals surface area contributed by atoms with E-state index in [-0.39, 0.29) is 4.90 Å². The number of nitrogens with zero attached hydrogens (tertiary/aromatic N) is 1. The van der Waals surface area contributed by atoms with Crippen molar-refractivity contribution in [2.24, 2.45) is 0 Å². The Labute approximate surface area is 113 Å². The largest absolute Gasteiger partial charge is 0.263 e. The number of halogens is 1. The van der Waals surface area contributed by atoms with E-state index in [0.29, 0.717) is 5.88 Å². The monoisotopic (exact) mass is 288 g/mol. The number of hydrogen-bond donors (Lipinski definition) is 1. The molecule has 1 aliphatic carbocycles. The smallest absolute Gasteiger partial charge is 0.242 e. The molecule has 1 aliphatic rings. The van der Waals surface area contributed by atoms with Gasteiger partial charge in [-0.3, -0.25) is 4.98 Å². The number of sulfonamides is 1. The number of hydrogen-bond acceptors (Lipinski definition) is 3. The van der Waals surface area contributed by atoms with E-state index < -0.39 is 15.6 Å². The summed E-state index contributed by atoms with van der Waals surface area (Å²) in [5.41, 5.74) is -0.492. The summed E-state index contributed by atoms with van der Waals surface area (Å²) in [4.78, 5) is 4.03. The second-order valence-electron chi connectivity index (χ2n) is 4.77. The molecule has 2 rings (SSSR count). The summed E-state index contributed by atoms with van der Waals surface area (Å²) >= 11 is 5.99. The standard InChI is InChI=1S/C12H17ClN2O2S/c13-10-12(6-2-1-3-7-12)15-18(16,17)11-5-4-8-14-9-11/h4-5,8-9,15H,1-3,6-7,10H2. The number of nitrogens with one attached hydrogen (secondary N) is 1. The van der Waals surface area contributed by atoms with Crippen LogP contribution in [0.4, 0.5) is 0 Å². The van der Waals surface area contributed by atoms with Crippen LogP contribution in [0.1, 0.15) is 32.1 Å². The van der Waals surface area contributed by atoms with Crippen molar-refractivity contribution in [2.75, 3.05) is 5.88 Å². The predicted molar refractivity (Wildman–Crippen MR) is 71.1 cm³/mol. The summed E-state index contributed by atoms with van der Waals surface area (Å²) in [6.07, 6.45) is 7.69. The minimum atomic E-state index is -3.53. The first-order valence-corrected chi connectivity index (χ1v) is 8.10. The highest BCUT2D eigenvalue weighted by atomic mass is 35.5. The molecule has 0 bridgehead atoms. The van der Waals surface area contributed by atoms with E-state index in [9.17, 15) is 8.42 Å². The molecule has 1 fully saturated rings. The van der Waals surface area contributed by atoms with Crippen molar-refractivity contribution in [3.63, 3.8) is 0 Å². The molecule has 0 unspecified atom stereocenters. The molecule has 1 heterocycles. The lowest BCUT2D eigenvalue weighted by Crippen LogP contribution is -2.51. The number of pyridine rings is 1. The van der Waals surface area contributed by atoms with Crippen LogP contribution in [-0.2, 0) is 10.0 Å². The molecule has 0 saturated heterocycles. The lowest BCUT2D eigenvalue weighted by molar-refractivity contribution is 0.298. The maximum atomic E-state index is 12.3. The normalized spacial score (nSPS) is 19.6. The lowest BCUT2D eigenvalue weighted by atomic mass is 9.84. The Morgan fingerprint density at radius 1 is 1.33 bits per heavy atom. The third-order valence-electron chi connectivity index (χ3n) is 3.36. The van der Waals surface area contributed by atoms with Gasteiger partial charge < -0.3 is 0 Å². The highest BCUT2D eigenvalue weighted by Gasteiger charge is 2.35. The lowest BCUT2D eigenvalue weighted by Gasteiger charge is -2.35. The Bertz CT molecular complexity index is 484. The minimum absolute atomic E-state index is 0.195. The van der Waals surface area contributed by atoms with Crippen LogP contribution in [0, 0.1) is 0 Å². The van der Waals surface area contributed by atoms with Gasteiger partial charge in [-0.05, 0) is 25.0 Å². The van der Waals surface area contributed by atoms with E-state index in [0.717, 1.165) is 32.1 Å². The Morgan fingerprint density at radius 3 is 2.61 bits per heavy atom. The van der Waals surface area contributed by atoms with Crippen LogP contribution < -0.4 is 4.72 Å². The van der Waals surface area contributed by atoms with E-state index in [1.807, 2.05) is 0 Å². The molecule has 0 aliphatic heterocycles. The topological polar surface area (TPSA) is 59.1 Å². The van der Waals surface area contributed by atoms with Gasteiger partial charge in [0.25, 0.3) is 0 Å². The zero-order chi connectivity index (χ0) is 13.1. The molecule has 1 N–H and O–H groups in total. The second kappa shape index (κ2) is 5.55. The summed E-state index contributed by atoms with van der Waals surface area (Å²) in [5, 5.41) is 0. The maximum absolute atomic E-state index is 12.3. The summed E-state index contributed by atoms with van der Waals surface area (Å²) in [6.45, 7) is 0. The third kappa shape index (κ3) is 3.02. The Kier molecular flexibility index (Phi) is 4.25. The van der Waals surface area contributed by atoms with Crippen molar-refractivity contribution in [1.82, 2.24) is 9.71 Å². The highest BCUT2D eigenvalue weighted by Crippen LogP contribution is 2.30. The fourth-order valence-electron chi connectivity index (χ4n) is 2.34. The van der Waals surface area contributed by atoms with Gasteiger partial charge in [0.15, 0.2) is 0 Å². The summed E-state index contributed by atoms with van der Waals surface area (Å²) in [5.74, 6) is 0.312. The first-order chi connectivity index (χ1) is 8.58. The molecule has 6 heteroatoms. The van der Waals surface area contributed by atoms with Crippen molar-refractivity contribution in [2.45, 2.75) is 42.5 Å². The average Bonchev–Trinajstić information content (AvgIpc) is 2.40. The van der Waals surface area contributed by atoms with E-state index in [1.54, 1.807) is 18.3 Å². The first-order valence-electron chi connectivity index (χ1n) is 6.08. The predicted octanol–water partition coefficient (Wildman–Crippen LogP) is 2.30. The van der Waals surface area contributed by atoms with Gasteiger partial charge >= 0.3 is 0 Å². The van der Waals surface area contributed by atoms with Crippen LogP contribution >= 0.6 is 11.6 Å². The van der Waals surface area contributed by atoms with E-state index in [4.69, 9.17) is 11.6 Å². The van der Waals surface area contributed by atoms with E-state index in [2.05, 4.69) is 9.71 Å². The number of aromatic nitrogens is 1. The number of alkyl halides is 1. The van der Waals surface area contributed by atoms with Crippen LogP contribution in [0.5, 0.6) is 0 Å². The molecule has 1 saturated carbocycles. The molecule has 18 heavy (non-hydrogen) atoms. The SMILES string of the molecule is O=S(=O)(NC1(CCl)CCCCC1)c1cccnc1. The van der Waals surface area contributed by atoms with Crippen LogP contribution in [0.3, 0.4) is 0 Å². The highest BCUT2D eigenvalue weighted by molar-refractivity contribution is 7.89. The molecule has 0 amide bonds.